The summed E-state index contributed by atoms with van der Waals surface area (Å²) in [5, 5.41) is 11.0. The van der Waals surface area contributed by atoms with E-state index in [2.05, 4.69) is 5.32 Å². The van der Waals surface area contributed by atoms with E-state index in [-0.39, 0.29) is 5.91 Å². The molecule has 1 aromatic rings. The molecule has 4 heteroatoms. The van der Waals surface area contributed by atoms with Gasteiger partial charge in [0.2, 0.25) is 0 Å². The highest BCUT2D eigenvalue weighted by molar-refractivity contribution is 5.92. The number of carbonyl (C=O) groups excluding carboxylic acids is 1. The van der Waals surface area contributed by atoms with Crippen molar-refractivity contribution in [3.63, 3.8) is 0 Å². The quantitative estimate of drug-likeness (QED) is 0.730. The van der Waals surface area contributed by atoms with Gasteiger partial charge in [-0.15, -0.1) is 0 Å². The first-order valence-corrected chi connectivity index (χ1v) is 4.47. The summed E-state index contributed by atoms with van der Waals surface area (Å²) in [4.78, 5) is 11.1. The Bertz CT molecular complexity index is 347. The number of carbonyl (C=O) groups is 1. The van der Waals surface area contributed by atoms with Gasteiger partial charge in [-0.3, -0.25) is 4.79 Å². The van der Waals surface area contributed by atoms with Crippen molar-refractivity contribution in [1.29, 1.82) is 5.26 Å². The van der Waals surface area contributed by atoms with Crippen LogP contribution in [0.4, 0.5) is 0 Å². The lowest BCUT2D eigenvalue weighted by atomic mass is 10.3. The Kier molecular flexibility index (Phi) is 5.08. The summed E-state index contributed by atoms with van der Waals surface area (Å²) in [6.07, 6.45) is 1.62. The molecule has 0 fully saturated rings. The normalized spacial score (nSPS) is 8.21. The van der Waals surface area contributed by atoms with Gasteiger partial charge in [0.25, 0.3) is 5.91 Å². The van der Waals surface area contributed by atoms with E-state index in [1.54, 1.807) is 30.9 Å². The zero-order valence-corrected chi connectivity index (χ0v) is 8.96. The van der Waals surface area contributed by atoms with Gasteiger partial charge in [-0.2, -0.15) is 5.26 Å². The van der Waals surface area contributed by atoms with Crippen molar-refractivity contribution in [2.24, 2.45) is 7.05 Å². The van der Waals surface area contributed by atoms with Gasteiger partial charge in [0.05, 0.1) is 5.56 Å². The van der Waals surface area contributed by atoms with Gasteiger partial charge in [0.1, 0.15) is 11.8 Å². The molecule has 0 unspecified atom stereocenters. The van der Waals surface area contributed by atoms with Crippen LogP contribution in [0.2, 0.25) is 0 Å². The SMILES string of the molecule is CC.CNC(=O)c1cc(C#N)cn1C. The van der Waals surface area contributed by atoms with E-state index in [4.69, 9.17) is 5.26 Å². The molecule has 76 valence electrons. The molecule has 1 N–H and O–H groups in total. The Hall–Kier alpha value is -1.76. The van der Waals surface area contributed by atoms with Gasteiger partial charge in [0, 0.05) is 20.3 Å². The molecule has 0 aromatic carbocycles. The van der Waals surface area contributed by atoms with E-state index >= 15 is 0 Å². The fourth-order valence-electron chi connectivity index (χ4n) is 0.979. The number of amides is 1. The van der Waals surface area contributed by atoms with Gasteiger partial charge in [0.15, 0.2) is 0 Å². The fourth-order valence-corrected chi connectivity index (χ4v) is 0.979. The maximum atomic E-state index is 11.1. The summed E-state index contributed by atoms with van der Waals surface area (Å²) in [5.74, 6) is -0.181. The minimum Gasteiger partial charge on any atom is -0.354 e. The lowest BCUT2D eigenvalue weighted by Crippen LogP contribution is -2.20. The molecule has 0 saturated heterocycles. The van der Waals surface area contributed by atoms with E-state index in [0.717, 1.165) is 0 Å². The maximum absolute atomic E-state index is 11.1. The third-order valence-electron chi connectivity index (χ3n) is 1.59. The molecular formula is C10H15N3O. The Labute approximate surface area is 84.1 Å². The van der Waals surface area contributed by atoms with E-state index in [0.29, 0.717) is 11.3 Å². The molecule has 14 heavy (non-hydrogen) atoms. The second-order valence-electron chi connectivity index (χ2n) is 2.42. The molecule has 1 heterocycles. The highest BCUT2D eigenvalue weighted by Gasteiger charge is 2.08. The number of hydrogen-bond acceptors (Lipinski definition) is 2. The summed E-state index contributed by atoms with van der Waals surface area (Å²) >= 11 is 0. The summed E-state index contributed by atoms with van der Waals surface area (Å²) < 4.78 is 1.62. The topological polar surface area (TPSA) is 57.8 Å². The van der Waals surface area contributed by atoms with Crippen molar-refractivity contribution in [1.82, 2.24) is 9.88 Å². The first-order valence-electron chi connectivity index (χ1n) is 4.47. The van der Waals surface area contributed by atoms with E-state index in [9.17, 15) is 4.79 Å². The number of hydrogen-bond donors (Lipinski definition) is 1. The standard InChI is InChI=1S/C8H9N3O.C2H6/c1-10-8(12)7-3-6(4-9)5-11(7)2;1-2/h3,5H,1-2H3,(H,10,12);1-2H3. The smallest absolute Gasteiger partial charge is 0.267 e. The molecule has 0 atom stereocenters. The van der Waals surface area contributed by atoms with Crippen molar-refractivity contribution in [2.75, 3.05) is 7.05 Å². The number of nitriles is 1. The number of aryl methyl sites for hydroxylation is 1. The maximum Gasteiger partial charge on any atom is 0.267 e. The Balaban J connectivity index is 0.000000791. The predicted octanol–water partition coefficient (Wildman–Crippen LogP) is 1.28. The van der Waals surface area contributed by atoms with E-state index in [1.165, 1.54) is 0 Å². The Morgan fingerprint density at radius 2 is 2.14 bits per heavy atom. The highest BCUT2D eigenvalue weighted by Crippen LogP contribution is 2.05. The van der Waals surface area contributed by atoms with Crippen molar-refractivity contribution < 1.29 is 4.79 Å². The zero-order chi connectivity index (χ0) is 11.1. The molecule has 0 bridgehead atoms. The Morgan fingerprint density at radius 3 is 2.50 bits per heavy atom. The monoisotopic (exact) mass is 193 g/mol. The molecule has 0 aliphatic rings. The van der Waals surface area contributed by atoms with Crippen LogP contribution in [0.3, 0.4) is 0 Å². The second-order valence-corrected chi connectivity index (χ2v) is 2.42. The van der Waals surface area contributed by atoms with E-state index in [1.807, 2.05) is 19.9 Å². The number of nitrogens with one attached hydrogen (secondary N) is 1. The summed E-state index contributed by atoms with van der Waals surface area (Å²) in [6.45, 7) is 4.00. The van der Waals surface area contributed by atoms with E-state index < -0.39 is 0 Å². The largest absolute Gasteiger partial charge is 0.354 e. The van der Waals surface area contributed by atoms with Crippen LogP contribution in [-0.2, 0) is 7.05 Å². The molecule has 1 aromatic heterocycles. The van der Waals surface area contributed by atoms with Crippen molar-refractivity contribution in [2.45, 2.75) is 13.8 Å². The van der Waals surface area contributed by atoms with Crippen molar-refractivity contribution in [3.8, 4) is 6.07 Å². The molecular weight excluding hydrogens is 178 g/mol. The van der Waals surface area contributed by atoms with Crippen LogP contribution in [0.15, 0.2) is 12.3 Å². The molecule has 1 amide bonds. The average molecular weight is 193 g/mol. The third-order valence-corrected chi connectivity index (χ3v) is 1.59. The molecule has 0 aliphatic carbocycles. The highest BCUT2D eigenvalue weighted by atomic mass is 16.1. The molecule has 0 saturated carbocycles. The molecule has 4 nitrogen and oxygen atoms in total. The molecule has 0 spiro atoms. The van der Waals surface area contributed by atoms with Crippen LogP contribution in [0.5, 0.6) is 0 Å². The van der Waals surface area contributed by atoms with Crippen LogP contribution in [0, 0.1) is 11.3 Å². The lowest BCUT2D eigenvalue weighted by molar-refractivity contribution is 0.0955. The summed E-state index contributed by atoms with van der Waals surface area (Å²) in [6, 6.07) is 3.52. The minimum absolute atomic E-state index is 0.181. The average Bonchev–Trinajstić information content (AvgIpc) is 2.61. The van der Waals surface area contributed by atoms with Gasteiger partial charge < -0.3 is 9.88 Å². The van der Waals surface area contributed by atoms with Gasteiger partial charge >= 0.3 is 0 Å². The predicted molar refractivity (Wildman–Crippen MR) is 54.9 cm³/mol. The Morgan fingerprint density at radius 1 is 1.57 bits per heavy atom. The first kappa shape index (κ1) is 12.2. The van der Waals surface area contributed by atoms with Gasteiger partial charge in [-0.05, 0) is 6.07 Å². The number of rotatable bonds is 1. The van der Waals surface area contributed by atoms with Crippen LogP contribution in [0.25, 0.3) is 0 Å². The molecule has 0 radical (unpaired) electrons. The summed E-state index contributed by atoms with van der Waals surface area (Å²) in [5.41, 5.74) is 0.991. The summed E-state index contributed by atoms with van der Waals surface area (Å²) in [7, 11) is 3.28. The minimum atomic E-state index is -0.181. The first-order chi connectivity index (χ1) is 6.69. The zero-order valence-electron chi connectivity index (χ0n) is 8.96. The number of aromatic nitrogens is 1. The van der Waals surface area contributed by atoms with Crippen molar-refractivity contribution >= 4 is 5.91 Å². The van der Waals surface area contributed by atoms with Crippen LogP contribution < -0.4 is 5.32 Å². The van der Waals surface area contributed by atoms with Crippen molar-refractivity contribution in [3.05, 3.63) is 23.5 Å². The second kappa shape index (κ2) is 5.81. The molecule has 1 rings (SSSR count). The van der Waals surface area contributed by atoms with Gasteiger partial charge in [-0.25, -0.2) is 0 Å². The molecule has 0 aliphatic heterocycles. The third kappa shape index (κ3) is 2.63. The van der Waals surface area contributed by atoms with Crippen LogP contribution in [-0.4, -0.2) is 17.5 Å². The van der Waals surface area contributed by atoms with Crippen LogP contribution in [0.1, 0.15) is 29.9 Å². The number of nitrogens with zero attached hydrogens (tertiary/aromatic N) is 2. The van der Waals surface area contributed by atoms with Crippen LogP contribution >= 0.6 is 0 Å². The van der Waals surface area contributed by atoms with Gasteiger partial charge in [-0.1, -0.05) is 13.8 Å². The fraction of sp³-hybridized carbons (Fsp3) is 0.400. The lowest BCUT2D eigenvalue weighted by Gasteiger charge is -1.98.